The maximum atomic E-state index is 12.1. The van der Waals surface area contributed by atoms with Crippen LogP contribution in [-0.2, 0) is 0 Å². The first kappa shape index (κ1) is 15.1. The monoisotopic (exact) mass is 259 g/mol. The van der Waals surface area contributed by atoms with Crippen molar-refractivity contribution in [3.8, 4) is 18.1 Å². The van der Waals surface area contributed by atoms with Crippen LogP contribution in [0.2, 0.25) is 0 Å². The number of benzene rings is 1. The molecular formula is C16H21NO2. The Bertz CT molecular complexity index is 448. The second-order valence-electron chi connectivity index (χ2n) is 4.36. The summed E-state index contributed by atoms with van der Waals surface area (Å²) in [4.78, 5) is 12.1. The van der Waals surface area contributed by atoms with Gasteiger partial charge in [0.25, 0.3) is 5.91 Å². The molecule has 0 aliphatic heterocycles. The largest absolute Gasteiger partial charge is 0.494 e. The molecule has 0 saturated carbocycles. The number of rotatable bonds is 7. The maximum absolute atomic E-state index is 12.1. The Morgan fingerprint density at radius 3 is 2.84 bits per heavy atom. The lowest BCUT2D eigenvalue weighted by molar-refractivity contribution is 0.0944. The standard InChI is InChI=1S/C16H21NO2/c1-4-8-14(6-3)17-16(18)13-9-7-10-15(12-13)19-11-5-2/h3,7,9-10,12,14H,4-5,8,11H2,1-2H3,(H,17,18). The Morgan fingerprint density at radius 2 is 2.21 bits per heavy atom. The number of terminal acetylenes is 1. The van der Waals surface area contributed by atoms with E-state index in [0.717, 1.165) is 19.3 Å². The lowest BCUT2D eigenvalue weighted by Crippen LogP contribution is -2.33. The van der Waals surface area contributed by atoms with E-state index in [4.69, 9.17) is 11.2 Å². The molecule has 1 rings (SSSR count). The molecule has 1 N–H and O–H groups in total. The zero-order valence-electron chi connectivity index (χ0n) is 11.6. The van der Waals surface area contributed by atoms with Crippen LogP contribution in [0.1, 0.15) is 43.5 Å². The van der Waals surface area contributed by atoms with Crippen molar-refractivity contribution in [3.05, 3.63) is 29.8 Å². The molecule has 1 unspecified atom stereocenters. The summed E-state index contributed by atoms with van der Waals surface area (Å²) in [7, 11) is 0. The minimum atomic E-state index is -0.210. The van der Waals surface area contributed by atoms with Gasteiger partial charge < -0.3 is 10.1 Å². The van der Waals surface area contributed by atoms with Gasteiger partial charge in [-0.1, -0.05) is 32.3 Å². The van der Waals surface area contributed by atoms with Crippen molar-refractivity contribution in [2.24, 2.45) is 0 Å². The number of hydrogen-bond acceptors (Lipinski definition) is 2. The van der Waals surface area contributed by atoms with Gasteiger partial charge in [-0.2, -0.15) is 0 Å². The highest BCUT2D eigenvalue weighted by molar-refractivity contribution is 5.94. The molecular weight excluding hydrogens is 238 g/mol. The normalized spacial score (nSPS) is 11.4. The van der Waals surface area contributed by atoms with E-state index in [9.17, 15) is 4.79 Å². The number of amides is 1. The number of hydrogen-bond donors (Lipinski definition) is 1. The molecule has 3 heteroatoms. The van der Waals surface area contributed by atoms with Gasteiger partial charge in [0, 0.05) is 5.56 Å². The lowest BCUT2D eigenvalue weighted by atomic mass is 10.1. The predicted molar refractivity (Wildman–Crippen MR) is 77.2 cm³/mol. The highest BCUT2D eigenvalue weighted by Gasteiger charge is 2.11. The Labute approximate surface area is 115 Å². The summed E-state index contributed by atoms with van der Waals surface area (Å²) in [6, 6.07) is 6.94. The molecule has 1 aromatic carbocycles. The number of ether oxygens (including phenoxy) is 1. The molecule has 0 aliphatic carbocycles. The smallest absolute Gasteiger partial charge is 0.252 e. The van der Waals surface area contributed by atoms with Crippen LogP contribution in [0.4, 0.5) is 0 Å². The molecule has 1 amide bonds. The summed E-state index contributed by atoms with van der Waals surface area (Å²) >= 11 is 0. The van der Waals surface area contributed by atoms with E-state index < -0.39 is 0 Å². The molecule has 0 spiro atoms. The third kappa shape index (κ3) is 5.05. The van der Waals surface area contributed by atoms with Gasteiger partial charge in [0.1, 0.15) is 5.75 Å². The quantitative estimate of drug-likeness (QED) is 0.764. The van der Waals surface area contributed by atoms with Gasteiger partial charge in [-0.05, 0) is 31.0 Å². The average Bonchev–Trinajstić information content (AvgIpc) is 2.44. The van der Waals surface area contributed by atoms with Gasteiger partial charge >= 0.3 is 0 Å². The van der Waals surface area contributed by atoms with E-state index in [1.165, 1.54) is 0 Å². The summed E-state index contributed by atoms with van der Waals surface area (Å²) in [5, 5.41) is 2.84. The molecule has 0 fully saturated rings. The Balaban J connectivity index is 2.68. The average molecular weight is 259 g/mol. The summed E-state index contributed by atoms with van der Waals surface area (Å²) in [6.07, 6.45) is 8.05. The first-order chi connectivity index (χ1) is 9.21. The number of carbonyl (C=O) groups excluding carboxylic acids is 1. The summed E-state index contributed by atoms with van der Waals surface area (Å²) in [5.74, 6) is 3.15. The van der Waals surface area contributed by atoms with Gasteiger partial charge in [0.2, 0.25) is 0 Å². The van der Waals surface area contributed by atoms with Crippen LogP contribution < -0.4 is 10.1 Å². The molecule has 0 heterocycles. The molecule has 0 radical (unpaired) electrons. The lowest BCUT2D eigenvalue weighted by Gasteiger charge is -2.12. The van der Waals surface area contributed by atoms with E-state index in [-0.39, 0.29) is 11.9 Å². The van der Waals surface area contributed by atoms with Gasteiger partial charge in [0.15, 0.2) is 0 Å². The summed E-state index contributed by atoms with van der Waals surface area (Å²) in [6.45, 7) is 4.72. The topological polar surface area (TPSA) is 38.3 Å². The summed E-state index contributed by atoms with van der Waals surface area (Å²) < 4.78 is 5.50. The molecule has 1 atom stereocenters. The SMILES string of the molecule is C#CC(CCC)NC(=O)c1cccc(OCCC)c1. The van der Waals surface area contributed by atoms with E-state index in [0.29, 0.717) is 17.9 Å². The number of nitrogens with one attached hydrogen (secondary N) is 1. The highest BCUT2D eigenvalue weighted by atomic mass is 16.5. The molecule has 0 aromatic heterocycles. The van der Waals surface area contributed by atoms with Crippen LogP contribution in [0.5, 0.6) is 5.75 Å². The number of carbonyl (C=O) groups is 1. The van der Waals surface area contributed by atoms with Gasteiger partial charge in [0.05, 0.1) is 12.6 Å². The van der Waals surface area contributed by atoms with Crippen molar-refractivity contribution in [1.29, 1.82) is 0 Å². The van der Waals surface area contributed by atoms with Crippen LogP contribution in [0, 0.1) is 12.3 Å². The van der Waals surface area contributed by atoms with Gasteiger partial charge in [-0.15, -0.1) is 6.42 Å². The Hall–Kier alpha value is -1.95. The van der Waals surface area contributed by atoms with Crippen LogP contribution in [-0.4, -0.2) is 18.6 Å². The second-order valence-corrected chi connectivity index (χ2v) is 4.36. The zero-order chi connectivity index (χ0) is 14.1. The first-order valence-corrected chi connectivity index (χ1v) is 6.71. The molecule has 0 saturated heterocycles. The van der Waals surface area contributed by atoms with E-state index in [1.807, 2.05) is 26.0 Å². The van der Waals surface area contributed by atoms with Crippen LogP contribution in [0.25, 0.3) is 0 Å². The fourth-order valence-electron chi connectivity index (χ4n) is 1.67. The third-order valence-corrected chi connectivity index (χ3v) is 2.65. The Kier molecular flexibility index (Phi) is 6.52. The maximum Gasteiger partial charge on any atom is 0.252 e. The molecule has 19 heavy (non-hydrogen) atoms. The van der Waals surface area contributed by atoms with E-state index in [2.05, 4.69) is 11.2 Å². The molecule has 0 bridgehead atoms. The van der Waals surface area contributed by atoms with Crippen LogP contribution in [0.15, 0.2) is 24.3 Å². The summed E-state index contributed by atoms with van der Waals surface area (Å²) in [5.41, 5.74) is 0.574. The Morgan fingerprint density at radius 1 is 1.42 bits per heavy atom. The van der Waals surface area contributed by atoms with Crippen molar-refractivity contribution in [3.63, 3.8) is 0 Å². The minimum absolute atomic E-state index is 0.154. The van der Waals surface area contributed by atoms with E-state index >= 15 is 0 Å². The van der Waals surface area contributed by atoms with Crippen molar-refractivity contribution in [1.82, 2.24) is 5.32 Å². The predicted octanol–water partition coefficient (Wildman–Crippen LogP) is 3.01. The minimum Gasteiger partial charge on any atom is -0.494 e. The molecule has 102 valence electrons. The van der Waals surface area contributed by atoms with Gasteiger partial charge in [-0.3, -0.25) is 4.79 Å². The fourth-order valence-corrected chi connectivity index (χ4v) is 1.67. The zero-order valence-corrected chi connectivity index (χ0v) is 11.6. The second kappa shape index (κ2) is 8.20. The molecule has 0 aliphatic rings. The molecule has 1 aromatic rings. The van der Waals surface area contributed by atoms with Crippen molar-refractivity contribution >= 4 is 5.91 Å². The highest BCUT2D eigenvalue weighted by Crippen LogP contribution is 2.14. The van der Waals surface area contributed by atoms with Crippen LogP contribution >= 0.6 is 0 Å². The van der Waals surface area contributed by atoms with Crippen molar-refractivity contribution in [2.75, 3.05) is 6.61 Å². The first-order valence-electron chi connectivity index (χ1n) is 6.71. The van der Waals surface area contributed by atoms with Crippen molar-refractivity contribution < 1.29 is 9.53 Å². The van der Waals surface area contributed by atoms with E-state index in [1.54, 1.807) is 12.1 Å². The van der Waals surface area contributed by atoms with Crippen molar-refractivity contribution in [2.45, 2.75) is 39.2 Å². The fraction of sp³-hybridized carbons (Fsp3) is 0.438. The van der Waals surface area contributed by atoms with Gasteiger partial charge in [-0.25, -0.2) is 0 Å². The van der Waals surface area contributed by atoms with Crippen LogP contribution in [0.3, 0.4) is 0 Å². The third-order valence-electron chi connectivity index (χ3n) is 2.65. The molecule has 3 nitrogen and oxygen atoms in total.